The van der Waals surface area contributed by atoms with E-state index in [-0.39, 0.29) is 5.82 Å². The Balaban J connectivity index is 1.63. The van der Waals surface area contributed by atoms with Crippen molar-refractivity contribution in [2.75, 3.05) is 0 Å². The number of aromatic nitrogens is 2. The lowest BCUT2D eigenvalue weighted by Gasteiger charge is -1.96. The Morgan fingerprint density at radius 2 is 1.38 bits per heavy atom. The third-order valence-corrected chi connectivity index (χ3v) is 4.66. The van der Waals surface area contributed by atoms with Gasteiger partial charge in [0.2, 0.25) is 0 Å². The van der Waals surface area contributed by atoms with Gasteiger partial charge in [0.15, 0.2) is 10.8 Å². The summed E-state index contributed by atoms with van der Waals surface area (Å²) in [6.07, 6.45) is 0. The molecule has 0 amide bonds. The molecule has 0 spiro atoms. The van der Waals surface area contributed by atoms with Gasteiger partial charge in [0.25, 0.3) is 0 Å². The predicted octanol–water partition coefficient (Wildman–Crippen LogP) is 5.58. The Morgan fingerprint density at radius 1 is 0.750 bits per heavy atom. The fourth-order valence-corrected chi connectivity index (χ4v) is 3.17. The predicted molar refractivity (Wildman–Crippen MR) is 93.2 cm³/mol. The van der Waals surface area contributed by atoms with E-state index in [9.17, 15) is 4.39 Å². The van der Waals surface area contributed by atoms with E-state index in [1.54, 1.807) is 12.1 Å². The first-order valence-corrected chi connectivity index (χ1v) is 8.27. The summed E-state index contributed by atoms with van der Waals surface area (Å²) in [6.45, 7) is 2.05. The van der Waals surface area contributed by atoms with Crippen molar-refractivity contribution < 1.29 is 8.81 Å². The summed E-state index contributed by atoms with van der Waals surface area (Å²) in [5.41, 5.74) is 3.07. The topological polar surface area (TPSA) is 38.9 Å². The summed E-state index contributed by atoms with van der Waals surface area (Å²) >= 11 is 1.48. The molecule has 0 N–H and O–H groups in total. The summed E-state index contributed by atoms with van der Waals surface area (Å²) in [4.78, 5) is 0. The van der Waals surface area contributed by atoms with Crippen LogP contribution in [0.3, 0.4) is 0 Å². The van der Waals surface area contributed by atoms with Crippen LogP contribution in [-0.4, -0.2) is 10.2 Å². The maximum atomic E-state index is 13.0. The Labute approximate surface area is 142 Å². The highest BCUT2D eigenvalue weighted by Gasteiger charge is 2.13. The van der Waals surface area contributed by atoms with Crippen molar-refractivity contribution in [3.05, 3.63) is 72.0 Å². The second-order valence-corrected chi connectivity index (χ2v) is 6.43. The van der Waals surface area contributed by atoms with Crippen LogP contribution in [0.4, 0.5) is 4.39 Å². The van der Waals surface area contributed by atoms with E-state index in [0.717, 1.165) is 21.1 Å². The lowest BCUT2D eigenvalue weighted by atomic mass is 10.2. The van der Waals surface area contributed by atoms with Crippen molar-refractivity contribution in [3.8, 4) is 32.7 Å². The molecule has 0 unspecified atom stereocenters. The number of furan rings is 1. The van der Waals surface area contributed by atoms with E-state index >= 15 is 0 Å². The zero-order valence-electron chi connectivity index (χ0n) is 12.9. The standard InChI is InChI=1S/C19H13FN2OS/c1-12-2-4-14(5-3-12)18-21-22-19(24-18)17-11-10-16(23-17)13-6-8-15(20)9-7-13/h2-11H,1H3. The molecule has 3 nitrogen and oxygen atoms in total. The van der Waals surface area contributed by atoms with Gasteiger partial charge in [-0.2, -0.15) is 0 Å². The largest absolute Gasteiger partial charge is 0.454 e. The molecule has 4 rings (SSSR count). The SMILES string of the molecule is Cc1ccc(-c2nnc(-c3ccc(-c4ccc(F)cc4)o3)s2)cc1. The number of hydrogen-bond donors (Lipinski definition) is 0. The van der Waals surface area contributed by atoms with Crippen molar-refractivity contribution in [1.82, 2.24) is 10.2 Å². The molecular formula is C19H13FN2OS. The Kier molecular flexibility index (Phi) is 3.70. The minimum Gasteiger partial charge on any atom is -0.454 e. The molecule has 0 fully saturated rings. The Bertz CT molecular complexity index is 890. The quantitative estimate of drug-likeness (QED) is 0.490. The molecule has 2 aromatic carbocycles. The van der Waals surface area contributed by atoms with Crippen LogP contribution in [0.5, 0.6) is 0 Å². The number of halogens is 1. The minimum atomic E-state index is -0.266. The zero-order chi connectivity index (χ0) is 16.5. The third-order valence-electron chi connectivity index (χ3n) is 3.67. The fraction of sp³-hybridized carbons (Fsp3) is 0.0526. The fourth-order valence-electron chi connectivity index (χ4n) is 2.36. The summed E-state index contributed by atoms with van der Waals surface area (Å²) in [7, 11) is 0. The number of aryl methyl sites for hydroxylation is 1. The number of benzene rings is 2. The highest BCUT2D eigenvalue weighted by atomic mass is 32.1. The van der Waals surface area contributed by atoms with Crippen molar-refractivity contribution >= 4 is 11.3 Å². The summed E-state index contributed by atoms with van der Waals surface area (Å²) in [6, 6.07) is 18.1. The van der Waals surface area contributed by atoms with Gasteiger partial charge in [0.05, 0.1) is 0 Å². The van der Waals surface area contributed by atoms with Gasteiger partial charge >= 0.3 is 0 Å². The molecule has 2 heterocycles. The van der Waals surface area contributed by atoms with Gasteiger partial charge in [-0.05, 0) is 43.3 Å². The van der Waals surface area contributed by atoms with Crippen LogP contribution in [0.15, 0.2) is 65.1 Å². The van der Waals surface area contributed by atoms with E-state index in [2.05, 4.69) is 29.3 Å². The smallest absolute Gasteiger partial charge is 0.183 e. The molecule has 0 aliphatic heterocycles. The van der Waals surface area contributed by atoms with Crippen LogP contribution < -0.4 is 0 Å². The number of rotatable bonds is 3. The lowest BCUT2D eigenvalue weighted by molar-refractivity contribution is 0.595. The Hall–Kier alpha value is -2.79. The number of hydrogen-bond acceptors (Lipinski definition) is 4. The van der Waals surface area contributed by atoms with Gasteiger partial charge in [0.1, 0.15) is 16.6 Å². The van der Waals surface area contributed by atoms with Gasteiger partial charge in [-0.3, -0.25) is 0 Å². The van der Waals surface area contributed by atoms with E-state index in [0.29, 0.717) is 11.5 Å². The number of nitrogens with zero attached hydrogens (tertiary/aromatic N) is 2. The molecule has 5 heteroatoms. The minimum absolute atomic E-state index is 0.266. The van der Waals surface area contributed by atoms with Crippen LogP contribution in [0, 0.1) is 12.7 Å². The van der Waals surface area contributed by atoms with Crippen LogP contribution in [-0.2, 0) is 0 Å². The molecule has 2 aromatic heterocycles. The average molecular weight is 336 g/mol. The van der Waals surface area contributed by atoms with E-state index in [4.69, 9.17) is 4.42 Å². The molecular weight excluding hydrogens is 323 g/mol. The monoisotopic (exact) mass is 336 g/mol. The highest BCUT2D eigenvalue weighted by Crippen LogP contribution is 2.33. The normalized spacial score (nSPS) is 10.9. The zero-order valence-corrected chi connectivity index (χ0v) is 13.7. The highest BCUT2D eigenvalue weighted by molar-refractivity contribution is 7.17. The van der Waals surface area contributed by atoms with Crippen LogP contribution in [0.1, 0.15) is 5.56 Å². The van der Waals surface area contributed by atoms with Crippen LogP contribution in [0.2, 0.25) is 0 Å². The van der Waals surface area contributed by atoms with Crippen molar-refractivity contribution in [3.63, 3.8) is 0 Å². The molecule has 24 heavy (non-hydrogen) atoms. The second kappa shape index (κ2) is 6.02. The summed E-state index contributed by atoms with van der Waals surface area (Å²) < 4.78 is 18.9. The van der Waals surface area contributed by atoms with Crippen molar-refractivity contribution in [2.45, 2.75) is 6.92 Å². The van der Waals surface area contributed by atoms with Gasteiger partial charge in [0, 0.05) is 11.1 Å². The molecule has 118 valence electrons. The molecule has 0 saturated carbocycles. The molecule has 0 bridgehead atoms. The molecule has 0 atom stereocenters. The first kappa shape index (κ1) is 14.8. The molecule has 4 aromatic rings. The van der Waals surface area contributed by atoms with Crippen molar-refractivity contribution in [2.24, 2.45) is 0 Å². The average Bonchev–Trinajstić information content (AvgIpc) is 3.25. The molecule has 0 aliphatic carbocycles. The maximum Gasteiger partial charge on any atom is 0.183 e. The van der Waals surface area contributed by atoms with Gasteiger partial charge in [-0.25, -0.2) is 4.39 Å². The van der Waals surface area contributed by atoms with E-state index in [1.807, 2.05) is 24.3 Å². The van der Waals surface area contributed by atoms with E-state index in [1.165, 1.54) is 29.0 Å². The maximum absolute atomic E-state index is 13.0. The molecule has 0 aliphatic rings. The summed E-state index contributed by atoms with van der Waals surface area (Å²) in [5, 5.41) is 10.0. The lowest BCUT2D eigenvalue weighted by Crippen LogP contribution is -1.77. The first-order chi connectivity index (χ1) is 11.7. The second-order valence-electron chi connectivity index (χ2n) is 5.45. The van der Waals surface area contributed by atoms with E-state index < -0.39 is 0 Å². The van der Waals surface area contributed by atoms with Gasteiger partial charge < -0.3 is 4.42 Å². The van der Waals surface area contributed by atoms with Gasteiger partial charge in [-0.1, -0.05) is 41.2 Å². The third kappa shape index (κ3) is 2.86. The first-order valence-electron chi connectivity index (χ1n) is 7.46. The molecule has 0 radical (unpaired) electrons. The van der Waals surface area contributed by atoms with Crippen LogP contribution in [0.25, 0.3) is 32.7 Å². The van der Waals surface area contributed by atoms with Crippen LogP contribution >= 0.6 is 11.3 Å². The Morgan fingerprint density at radius 3 is 2.12 bits per heavy atom. The molecule has 0 saturated heterocycles. The summed E-state index contributed by atoms with van der Waals surface area (Å²) in [5.74, 6) is 1.07. The van der Waals surface area contributed by atoms with Gasteiger partial charge in [-0.15, -0.1) is 10.2 Å². The van der Waals surface area contributed by atoms with Crippen molar-refractivity contribution in [1.29, 1.82) is 0 Å².